The number of halogens is 16. The molecule has 0 rings (SSSR count). The molecule has 7 nitrogen and oxygen atoms in total. The molecule has 0 saturated heterocycles. The predicted molar refractivity (Wildman–Crippen MR) is 95.1 cm³/mol. The van der Waals surface area contributed by atoms with Gasteiger partial charge in [-0.25, -0.2) is 17.6 Å². The van der Waals surface area contributed by atoms with Crippen molar-refractivity contribution >= 4 is 81.2 Å². The number of esters is 2. The first-order chi connectivity index (χ1) is 16.5. The molecule has 0 aliphatic carbocycles. The monoisotopic (exact) mass is 672 g/mol. The number of hydrogen-bond donors (Lipinski definition) is 1. The summed E-state index contributed by atoms with van der Waals surface area (Å²) in [5, 5.41) is -3.66. The minimum Gasteiger partial charge on any atom is -0.459 e. The molecule has 0 aliphatic rings. The van der Waals surface area contributed by atoms with Gasteiger partial charge in [-0.05, 0) is 0 Å². The van der Waals surface area contributed by atoms with Crippen molar-refractivity contribution < 1.29 is 102 Å². The zero-order valence-electron chi connectivity index (χ0n) is 19.2. The van der Waals surface area contributed by atoms with E-state index in [0.29, 0.717) is 0 Å². The van der Waals surface area contributed by atoms with Gasteiger partial charge in [0.1, 0.15) is 0 Å². The minimum atomic E-state index is -6.99. The first-order valence-corrected chi connectivity index (χ1v) is 10.1. The largest absolute Gasteiger partial charge is 0.459 e. The first kappa shape index (κ1) is 44.2. The van der Waals surface area contributed by atoms with Gasteiger partial charge in [-0.15, -0.1) is 0 Å². The third-order valence-corrected chi connectivity index (χ3v) is 5.17. The van der Waals surface area contributed by atoms with E-state index < -0.39 is 95.3 Å². The van der Waals surface area contributed by atoms with Gasteiger partial charge in [0.2, 0.25) is 0 Å². The van der Waals surface area contributed by atoms with Crippen LogP contribution < -0.4 is 0 Å². The fourth-order valence-electron chi connectivity index (χ4n) is 1.89. The van der Waals surface area contributed by atoms with E-state index in [0.717, 1.165) is 0 Å². The summed E-state index contributed by atoms with van der Waals surface area (Å²) in [4.78, 5) is 22.9. The zero-order chi connectivity index (χ0) is 30.9. The second-order valence-corrected chi connectivity index (χ2v) is 8.48. The molecular weight excluding hydrogens is 662 g/mol. The second-order valence-electron chi connectivity index (χ2n) is 6.88. The molecule has 0 aromatic heterocycles. The van der Waals surface area contributed by atoms with Gasteiger partial charge < -0.3 is 9.47 Å². The van der Waals surface area contributed by atoms with Crippen molar-refractivity contribution in [3.63, 3.8) is 0 Å². The maximum atomic E-state index is 13.3. The molecule has 0 aliphatic heterocycles. The summed E-state index contributed by atoms with van der Waals surface area (Å²) >= 11 is 0. The van der Waals surface area contributed by atoms with E-state index in [-0.39, 0.29) is 59.1 Å². The Kier molecular flexibility index (Phi) is 16.0. The number of carbonyl (C=O) groups is 2. The third kappa shape index (κ3) is 9.36. The van der Waals surface area contributed by atoms with E-state index in [4.69, 9.17) is 4.55 Å². The Hall–Kier alpha value is -0.270. The molecule has 228 valence electrons. The van der Waals surface area contributed by atoms with E-state index in [1.807, 2.05) is 0 Å². The van der Waals surface area contributed by atoms with E-state index in [2.05, 4.69) is 9.47 Å². The Balaban J connectivity index is -0.00000684. The molecule has 0 aromatic rings. The van der Waals surface area contributed by atoms with Crippen LogP contribution in [0.5, 0.6) is 0 Å². The smallest absolute Gasteiger partial charge is 0.381 e. The fraction of sp³-hybridized carbons (Fsp3) is 0.857. The Bertz CT molecular complexity index is 977. The van der Waals surface area contributed by atoms with Crippen molar-refractivity contribution in [2.24, 2.45) is 0 Å². The van der Waals surface area contributed by atoms with Crippen LogP contribution in [0.25, 0.3) is 0 Å². The molecule has 0 spiro atoms. The number of hydrogen-bond acceptors (Lipinski definition) is 6. The summed E-state index contributed by atoms with van der Waals surface area (Å²) in [5.41, 5.74) is 0. The molecule has 0 bridgehead atoms. The average Bonchev–Trinajstić information content (AvgIpc) is 2.72. The summed E-state index contributed by atoms with van der Waals surface area (Å²) in [6.07, 6.45) is -13.3. The first-order valence-electron chi connectivity index (χ1n) is 8.62. The van der Waals surface area contributed by atoms with Crippen LogP contribution in [0.15, 0.2) is 0 Å². The molecule has 40 heavy (non-hydrogen) atoms. The molecule has 1 unspecified atom stereocenters. The number of carbonyl (C=O) groups excluding carboxylic acids is 2. The van der Waals surface area contributed by atoms with Crippen LogP contribution in [0.2, 0.25) is 0 Å². The minimum absolute atomic E-state index is 0. The van der Waals surface area contributed by atoms with E-state index in [1.54, 1.807) is 0 Å². The van der Waals surface area contributed by atoms with Gasteiger partial charge >= 0.3 is 60.3 Å². The van der Waals surface area contributed by atoms with Crippen molar-refractivity contribution in [3.8, 4) is 0 Å². The topological polar surface area (TPSA) is 107 Å². The normalized spacial score (nSPS) is 14.8. The van der Waals surface area contributed by atoms with Gasteiger partial charge in [0, 0.05) is 59.1 Å². The molecule has 0 fully saturated rings. The van der Waals surface area contributed by atoms with Gasteiger partial charge in [0.05, 0.1) is 6.42 Å². The number of alkyl halides is 16. The van der Waals surface area contributed by atoms with Crippen LogP contribution >= 0.6 is 0 Å². The molecule has 0 aromatic carbocycles. The summed E-state index contributed by atoms with van der Waals surface area (Å²) < 4.78 is 242. The molecule has 26 heteroatoms. The van der Waals surface area contributed by atoms with Gasteiger partial charge in [0.15, 0.2) is 18.5 Å². The fourth-order valence-corrected chi connectivity index (χ4v) is 2.55. The van der Waals surface area contributed by atoms with Gasteiger partial charge in [-0.3, -0.25) is 14.1 Å². The Morgan fingerprint density at radius 2 is 0.950 bits per heavy atom. The summed E-state index contributed by atoms with van der Waals surface area (Å²) in [7, 11) is -6.15. The predicted octanol–water partition coefficient (Wildman–Crippen LogP) is 3.30. The van der Waals surface area contributed by atoms with Crippen LogP contribution in [-0.2, 0) is 29.2 Å². The van der Waals surface area contributed by atoms with Gasteiger partial charge in [0.25, 0.3) is 10.1 Å². The Morgan fingerprint density at radius 3 is 1.23 bits per heavy atom. The van der Waals surface area contributed by atoms with E-state index in [9.17, 15) is 88.3 Å². The van der Waals surface area contributed by atoms with Gasteiger partial charge in [-0.1, -0.05) is 0 Å². The Labute approximate surface area is 255 Å². The molecule has 2 radical (unpaired) electrons. The third-order valence-electron chi connectivity index (χ3n) is 4.09. The number of ether oxygens (including phenoxy) is 2. The quantitative estimate of drug-likeness (QED) is 0.131. The molecule has 0 heterocycles. The van der Waals surface area contributed by atoms with Gasteiger partial charge in [-0.2, -0.15) is 61.1 Å². The standard InChI is InChI=1S/C14H10F16O7S.2Na/c15-7(16)11(23,24)13(27,28)9(19,20)2-36-5(31)1-4(38(33,34)35)6(32)37-3-10(21,22)14(29,30)12(25,26)8(17)18;;/h4,7-8H,1-3H2,(H,33,34,35);;. The SMILES string of the molecule is O=C(CC(C(=O)OCC(F)(F)C(F)(F)C(F)(F)C(F)F)S(=O)(=O)O)OCC(F)(F)C(F)(F)C(F)(F)C(F)F.[Na].[Na]. The van der Waals surface area contributed by atoms with Crippen LogP contribution in [0.4, 0.5) is 70.2 Å². The average molecular weight is 672 g/mol. The van der Waals surface area contributed by atoms with Crippen molar-refractivity contribution in [1.29, 1.82) is 0 Å². The molecule has 1 N–H and O–H groups in total. The summed E-state index contributed by atoms with van der Waals surface area (Å²) in [6, 6.07) is 0. The van der Waals surface area contributed by atoms with Crippen LogP contribution in [0, 0.1) is 0 Å². The van der Waals surface area contributed by atoms with E-state index in [1.165, 1.54) is 0 Å². The zero-order valence-corrected chi connectivity index (χ0v) is 24.0. The summed E-state index contributed by atoms with van der Waals surface area (Å²) in [6.45, 7) is -6.57. The van der Waals surface area contributed by atoms with E-state index >= 15 is 0 Å². The van der Waals surface area contributed by atoms with Crippen molar-refractivity contribution in [3.05, 3.63) is 0 Å². The Morgan fingerprint density at radius 1 is 0.650 bits per heavy atom. The summed E-state index contributed by atoms with van der Waals surface area (Å²) in [5.74, 6) is -45.8. The van der Waals surface area contributed by atoms with Crippen LogP contribution in [-0.4, -0.2) is 151 Å². The molecule has 0 amide bonds. The molecule has 1 atom stereocenters. The van der Waals surface area contributed by atoms with Crippen molar-refractivity contribution in [1.82, 2.24) is 0 Å². The molecule has 0 saturated carbocycles. The van der Waals surface area contributed by atoms with Crippen molar-refractivity contribution in [2.75, 3.05) is 13.2 Å². The second kappa shape index (κ2) is 14.5. The molecular formula is C14H10F16Na2O7S. The van der Waals surface area contributed by atoms with Crippen molar-refractivity contribution in [2.45, 2.75) is 60.1 Å². The van der Waals surface area contributed by atoms with Crippen LogP contribution in [0.1, 0.15) is 6.42 Å². The maximum absolute atomic E-state index is 13.3. The van der Waals surface area contributed by atoms with Crippen LogP contribution in [0.3, 0.4) is 0 Å². The maximum Gasteiger partial charge on any atom is 0.381 e. The number of rotatable bonds is 14.